The van der Waals surface area contributed by atoms with E-state index in [0.717, 1.165) is 0 Å². The summed E-state index contributed by atoms with van der Waals surface area (Å²) in [5.41, 5.74) is 0. The van der Waals surface area contributed by atoms with Gasteiger partial charge in [-0.05, 0) is 5.92 Å². The van der Waals surface area contributed by atoms with Crippen LogP contribution in [0.5, 0.6) is 0 Å². The molecule has 92 valence electrons. The Balaban J connectivity index is 4.08. The fourth-order valence-corrected chi connectivity index (χ4v) is 0.853. The highest BCUT2D eigenvalue weighted by atomic mass is 19.4. The van der Waals surface area contributed by atoms with Crippen molar-refractivity contribution in [1.82, 2.24) is 5.32 Å². The van der Waals surface area contributed by atoms with Crippen LogP contribution in [0.3, 0.4) is 0 Å². The highest BCUT2D eigenvalue weighted by molar-refractivity contribution is 5.68. The summed E-state index contributed by atoms with van der Waals surface area (Å²) in [4.78, 5) is 10.9. The van der Waals surface area contributed by atoms with Crippen LogP contribution in [-0.4, -0.2) is 24.9 Å². The van der Waals surface area contributed by atoms with Gasteiger partial charge in [0.1, 0.15) is 6.04 Å². The standard InChI is InChI=1S/C9H13F3N2O2/c1-3-6(2)7(4-13)14-8(15)16-5-9(10,11)12/h6-7H,3,5H2,1-2H3,(H,14,15)/t6-,7+/m0/s1. The number of carbonyl (C=O) groups excluding carboxylic acids is 1. The molecule has 0 aromatic heterocycles. The molecule has 0 fully saturated rings. The lowest BCUT2D eigenvalue weighted by molar-refractivity contribution is -0.160. The number of hydrogen-bond acceptors (Lipinski definition) is 3. The third-order valence-corrected chi connectivity index (χ3v) is 1.99. The molecule has 0 aromatic rings. The predicted octanol–water partition coefficient (Wildman–Crippen LogP) is 2.21. The SMILES string of the molecule is CC[C@H](C)[C@@H](C#N)NC(=O)OCC(F)(F)F. The number of amides is 1. The van der Waals surface area contributed by atoms with E-state index >= 15 is 0 Å². The van der Waals surface area contributed by atoms with Crippen LogP contribution in [0.25, 0.3) is 0 Å². The number of nitriles is 1. The fourth-order valence-electron chi connectivity index (χ4n) is 0.853. The average Bonchev–Trinajstić information content (AvgIpc) is 2.21. The minimum atomic E-state index is -4.56. The van der Waals surface area contributed by atoms with Crippen LogP contribution in [0.1, 0.15) is 20.3 Å². The van der Waals surface area contributed by atoms with E-state index in [1.807, 2.05) is 0 Å². The first-order chi connectivity index (χ1) is 7.30. The second-order valence-corrected chi connectivity index (χ2v) is 3.33. The van der Waals surface area contributed by atoms with Gasteiger partial charge in [-0.2, -0.15) is 18.4 Å². The monoisotopic (exact) mass is 238 g/mol. The van der Waals surface area contributed by atoms with Gasteiger partial charge in [0.15, 0.2) is 6.61 Å². The highest BCUT2D eigenvalue weighted by Crippen LogP contribution is 2.14. The molecule has 0 saturated carbocycles. The Hall–Kier alpha value is -1.45. The maximum absolute atomic E-state index is 11.7. The molecule has 0 aliphatic rings. The van der Waals surface area contributed by atoms with Gasteiger partial charge in [-0.1, -0.05) is 20.3 Å². The molecule has 0 heterocycles. The predicted molar refractivity (Wildman–Crippen MR) is 49.4 cm³/mol. The molecule has 4 nitrogen and oxygen atoms in total. The lowest BCUT2D eigenvalue weighted by Crippen LogP contribution is -2.39. The number of rotatable bonds is 4. The summed E-state index contributed by atoms with van der Waals surface area (Å²) in [6.45, 7) is 1.85. The van der Waals surface area contributed by atoms with Crippen molar-refractivity contribution in [3.05, 3.63) is 0 Å². The van der Waals surface area contributed by atoms with Crippen LogP contribution in [0.2, 0.25) is 0 Å². The molecule has 0 radical (unpaired) electrons. The summed E-state index contributed by atoms with van der Waals surface area (Å²) >= 11 is 0. The van der Waals surface area contributed by atoms with Crippen LogP contribution in [0.4, 0.5) is 18.0 Å². The summed E-state index contributed by atoms with van der Waals surface area (Å²) in [6.07, 6.45) is -5.17. The number of carbonyl (C=O) groups is 1. The Labute approximate surface area is 91.4 Å². The van der Waals surface area contributed by atoms with Gasteiger partial charge in [0.05, 0.1) is 6.07 Å². The van der Waals surface area contributed by atoms with Gasteiger partial charge in [0, 0.05) is 0 Å². The molecule has 1 amide bonds. The topological polar surface area (TPSA) is 62.1 Å². The lowest BCUT2D eigenvalue weighted by atomic mass is 10.0. The largest absolute Gasteiger partial charge is 0.440 e. The van der Waals surface area contributed by atoms with Crippen LogP contribution in [0.15, 0.2) is 0 Å². The third kappa shape index (κ3) is 6.11. The first-order valence-corrected chi connectivity index (χ1v) is 4.69. The van der Waals surface area contributed by atoms with E-state index < -0.39 is 24.9 Å². The fraction of sp³-hybridized carbons (Fsp3) is 0.778. The smallest absolute Gasteiger partial charge is 0.422 e. The van der Waals surface area contributed by atoms with Crippen molar-refractivity contribution in [2.75, 3.05) is 6.61 Å². The molecule has 1 N–H and O–H groups in total. The van der Waals surface area contributed by atoms with E-state index in [9.17, 15) is 18.0 Å². The summed E-state index contributed by atoms with van der Waals surface area (Å²) in [6, 6.07) is 0.946. The van der Waals surface area contributed by atoms with E-state index in [-0.39, 0.29) is 5.92 Å². The number of alkyl halides is 3. The van der Waals surface area contributed by atoms with Crippen LogP contribution in [-0.2, 0) is 4.74 Å². The number of alkyl carbamates (subject to hydrolysis) is 1. The van der Waals surface area contributed by atoms with Gasteiger partial charge in [-0.15, -0.1) is 0 Å². The lowest BCUT2D eigenvalue weighted by Gasteiger charge is -2.17. The average molecular weight is 238 g/mol. The van der Waals surface area contributed by atoms with Crippen molar-refractivity contribution in [3.63, 3.8) is 0 Å². The second kappa shape index (κ2) is 6.20. The first kappa shape index (κ1) is 14.6. The Morgan fingerprint density at radius 1 is 1.56 bits per heavy atom. The zero-order valence-electron chi connectivity index (χ0n) is 8.97. The van der Waals surface area contributed by atoms with Crippen LogP contribution < -0.4 is 5.32 Å². The molecular formula is C9H13F3N2O2. The third-order valence-electron chi connectivity index (χ3n) is 1.99. The van der Waals surface area contributed by atoms with Crippen LogP contribution >= 0.6 is 0 Å². The van der Waals surface area contributed by atoms with Crippen molar-refractivity contribution in [1.29, 1.82) is 5.26 Å². The Kier molecular flexibility index (Phi) is 5.64. The van der Waals surface area contributed by atoms with Gasteiger partial charge in [-0.3, -0.25) is 0 Å². The van der Waals surface area contributed by atoms with E-state index in [0.29, 0.717) is 6.42 Å². The molecule has 16 heavy (non-hydrogen) atoms. The summed E-state index contributed by atoms with van der Waals surface area (Å²) in [5.74, 6) is -0.150. The van der Waals surface area contributed by atoms with Crippen molar-refractivity contribution in [2.45, 2.75) is 32.5 Å². The van der Waals surface area contributed by atoms with Crippen molar-refractivity contribution in [3.8, 4) is 6.07 Å². The van der Waals surface area contributed by atoms with Gasteiger partial charge in [0.25, 0.3) is 0 Å². The Morgan fingerprint density at radius 2 is 2.12 bits per heavy atom. The zero-order valence-corrected chi connectivity index (χ0v) is 8.97. The van der Waals surface area contributed by atoms with Gasteiger partial charge in [-0.25, -0.2) is 4.79 Å². The van der Waals surface area contributed by atoms with E-state index in [1.54, 1.807) is 19.9 Å². The summed E-state index contributed by atoms with van der Waals surface area (Å²) in [7, 11) is 0. The normalized spacial score (nSPS) is 14.8. The van der Waals surface area contributed by atoms with E-state index in [2.05, 4.69) is 10.1 Å². The summed E-state index contributed by atoms with van der Waals surface area (Å²) in [5, 5.41) is 10.7. The number of nitrogens with zero attached hydrogens (tertiary/aromatic N) is 1. The van der Waals surface area contributed by atoms with Gasteiger partial charge < -0.3 is 10.1 Å². The number of nitrogens with one attached hydrogen (secondary N) is 1. The molecule has 0 aliphatic carbocycles. The van der Waals surface area contributed by atoms with Gasteiger partial charge >= 0.3 is 12.3 Å². The molecule has 2 atom stereocenters. The number of ether oxygens (including phenoxy) is 1. The molecule has 0 saturated heterocycles. The second-order valence-electron chi connectivity index (χ2n) is 3.33. The number of hydrogen-bond donors (Lipinski definition) is 1. The summed E-state index contributed by atoms with van der Waals surface area (Å²) < 4.78 is 39.0. The number of halogens is 3. The molecule has 0 aromatic carbocycles. The highest BCUT2D eigenvalue weighted by Gasteiger charge is 2.30. The molecule has 0 spiro atoms. The zero-order chi connectivity index (χ0) is 12.8. The minimum absolute atomic E-state index is 0.150. The molecule has 0 unspecified atom stereocenters. The maximum Gasteiger partial charge on any atom is 0.422 e. The molecule has 0 aliphatic heterocycles. The maximum atomic E-state index is 11.7. The minimum Gasteiger partial charge on any atom is -0.440 e. The molecular weight excluding hydrogens is 225 g/mol. The van der Waals surface area contributed by atoms with E-state index in [1.165, 1.54) is 0 Å². The Bertz CT molecular complexity index is 273. The van der Waals surface area contributed by atoms with Crippen molar-refractivity contribution >= 4 is 6.09 Å². The molecule has 0 rings (SSSR count). The van der Waals surface area contributed by atoms with Crippen LogP contribution in [0, 0.1) is 17.2 Å². The van der Waals surface area contributed by atoms with Crippen molar-refractivity contribution < 1.29 is 22.7 Å². The first-order valence-electron chi connectivity index (χ1n) is 4.69. The van der Waals surface area contributed by atoms with E-state index in [4.69, 9.17) is 5.26 Å². The van der Waals surface area contributed by atoms with Crippen molar-refractivity contribution in [2.24, 2.45) is 5.92 Å². The quantitative estimate of drug-likeness (QED) is 0.816. The molecule has 7 heteroatoms. The Morgan fingerprint density at radius 3 is 2.50 bits per heavy atom. The van der Waals surface area contributed by atoms with Gasteiger partial charge in [0.2, 0.25) is 0 Å². The molecule has 0 bridgehead atoms.